The Labute approximate surface area is 71.6 Å². The molecule has 1 N–H and O–H groups in total. The summed E-state index contributed by atoms with van der Waals surface area (Å²) in [6.07, 6.45) is 8.94. The van der Waals surface area contributed by atoms with Crippen LogP contribution in [0.3, 0.4) is 0 Å². The maximum Gasteiger partial charge on any atom is 0.0861 e. The molecule has 1 aliphatic rings. The van der Waals surface area contributed by atoms with Crippen LogP contribution in [0.4, 0.5) is 0 Å². The largest absolute Gasteiger partial charge is 0.360 e. The summed E-state index contributed by atoms with van der Waals surface area (Å²) in [5.74, 6) is 0. The summed E-state index contributed by atoms with van der Waals surface area (Å²) in [7, 11) is 0. The highest BCUT2D eigenvalue weighted by Crippen LogP contribution is 2.11. The highest BCUT2D eigenvalue weighted by Gasteiger charge is 2.00. The van der Waals surface area contributed by atoms with Crippen molar-refractivity contribution in [3.63, 3.8) is 0 Å². The van der Waals surface area contributed by atoms with Crippen molar-refractivity contribution in [1.29, 1.82) is 0 Å². The van der Waals surface area contributed by atoms with Gasteiger partial charge in [-0.05, 0) is 24.8 Å². The molecule has 0 unspecified atom stereocenters. The molecule has 0 spiro atoms. The summed E-state index contributed by atoms with van der Waals surface area (Å²) < 4.78 is 0. The van der Waals surface area contributed by atoms with Crippen LogP contribution in [-0.4, -0.2) is 4.98 Å². The number of dihydropyridines is 1. The van der Waals surface area contributed by atoms with Gasteiger partial charge in [-0.25, -0.2) is 0 Å². The standard InChI is InChI=1S/C10H10N2/c1-3-7-11-9(5-1)10-6-2-4-8-12-10/h1,3-8,12H,2H2. The Morgan fingerprint density at radius 2 is 2.33 bits per heavy atom. The first kappa shape index (κ1) is 7.10. The molecule has 0 aromatic carbocycles. The maximum atomic E-state index is 4.24. The summed E-state index contributed by atoms with van der Waals surface area (Å²) in [4.78, 5) is 4.24. The van der Waals surface area contributed by atoms with Crippen LogP contribution in [0.25, 0.3) is 5.70 Å². The molecule has 2 heterocycles. The van der Waals surface area contributed by atoms with Gasteiger partial charge in [0.1, 0.15) is 0 Å². The molecule has 2 nitrogen and oxygen atoms in total. The van der Waals surface area contributed by atoms with Crippen LogP contribution < -0.4 is 5.32 Å². The molecule has 12 heavy (non-hydrogen) atoms. The van der Waals surface area contributed by atoms with Crippen LogP contribution in [-0.2, 0) is 0 Å². The molecule has 0 bridgehead atoms. The Hall–Kier alpha value is -1.57. The van der Waals surface area contributed by atoms with E-state index >= 15 is 0 Å². The molecule has 0 atom stereocenters. The zero-order valence-corrected chi connectivity index (χ0v) is 6.70. The van der Waals surface area contributed by atoms with Gasteiger partial charge in [-0.2, -0.15) is 0 Å². The summed E-state index contributed by atoms with van der Waals surface area (Å²) in [6.45, 7) is 0. The van der Waals surface area contributed by atoms with Gasteiger partial charge in [0, 0.05) is 6.20 Å². The zero-order valence-electron chi connectivity index (χ0n) is 6.70. The van der Waals surface area contributed by atoms with Crippen molar-refractivity contribution in [2.24, 2.45) is 0 Å². The Bertz CT molecular complexity index is 312. The van der Waals surface area contributed by atoms with E-state index in [1.54, 1.807) is 6.20 Å². The average Bonchev–Trinajstić information content (AvgIpc) is 2.21. The number of allylic oxidation sites excluding steroid dienone is 2. The number of hydrogen-bond donors (Lipinski definition) is 1. The molecule has 0 saturated carbocycles. The second-order valence-corrected chi connectivity index (χ2v) is 2.62. The second kappa shape index (κ2) is 3.22. The first-order chi connectivity index (χ1) is 5.97. The molecule has 0 amide bonds. The molecule has 2 heteroatoms. The Kier molecular flexibility index (Phi) is 1.90. The lowest BCUT2D eigenvalue weighted by Gasteiger charge is -2.09. The predicted octanol–water partition coefficient (Wildman–Crippen LogP) is 1.93. The maximum absolute atomic E-state index is 4.24. The molecular formula is C10H10N2. The van der Waals surface area contributed by atoms with E-state index in [2.05, 4.69) is 22.5 Å². The molecule has 0 fully saturated rings. The lowest BCUT2D eigenvalue weighted by Crippen LogP contribution is -2.07. The van der Waals surface area contributed by atoms with Crippen LogP contribution in [0.15, 0.2) is 42.7 Å². The van der Waals surface area contributed by atoms with Gasteiger partial charge in [0.2, 0.25) is 0 Å². The topological polar surface area (TPSA) is 24.9 Å². The van der Waals surface area contributed by atoms with Crippen LogP contribution in [0, 0.1) is 0 Å². The minimum Gasteiger partial charge on any atom is -0.360 e. The smallest absolute Gasteiger partial charge is 0.0861 e. The highest BCUT2D eigenvalue weighted by atomic mass is 14.9. The van der Waals surface area contributed by atoms with E-state index in [1.807, 2.05) is 24.4 Å². The fraction of sp³-hybridized carbons (Fsp3) is 0.100. The van der Waals surface area contributed by atoms with Crippen molar-refractivity contribution < 1.29 is 0 Å². The van der Waals surface area contributed by atoms with Crippen molar-refractivity contribution in [1.82, 2.24) is 10.3 Å². The van der Waals surface area contributed by atoms with E-state index < -0.39 is 0 Å². The third-order valence-corrected chi connectivity index (χ3v) is 1.76. The predicted molar refractivity (Wildman–Crippen MR) is 49.1 cm³/mol. The molecular weight excluding hydrogens is 148 g/mol. The van der Waals surface area contributed by atoms with Gasteiger partial charge in [-0.1, -0.05) is 18.2 Å². The van der Waals surface area contributed by atoms with Gasteiger partial charge in [0.15, 0.2) is 0 Å². The van der Waals surface area contributed by atoms with Gasteiger partial charge in [-0.15, -0.1) is 0 Å². The average molecular weight is 158 g/mol. The van der Waals surface area contributed by atoms with Crippen molar-refractivity contribution >= 4 is 5.70 Å². The summed E-state index contributed by atoms with van der Waals surface area (Å²) >= 11 is 0. The van der Waals surface area contributed by atoms with E-state index in [9.17, 15) is 0 Å². The molecule has 0 radical (unpaired) electrons. The summed E-state index contributed by atoms with van der Waals surface area (Å²) in [5.41, 5.74) is 2.10. The lowest BCUT2D eigenvalue weighted by molar-refractivity contribution is 1.10. The fourth-order valence-electron chi connectivity index (χ4n) is 1.16. The van der Waals surface area contributed by atoms with Crippen molar-refractivity contribution in [2.45, 2.75) is 6.42 Å². The van der Waals surface area contributed by atoms with Gasteiger partial charge in [0.25, 0.3) is 0 Å². The summed E-state index contributed by atoms with van der Waals surface area (Å²) in [5, 5.41) is 3.15. The normalized spacial score (nSPS) is 15.2. The van der Waals surface area contributed by atoms with Crippen LogP contribution >= 0.6 is 0 Å². The van der Waals surface area contributed by atoms with E-state index in [0.29, 0.717) is 0 Å². The van der Waals surface area contributed by atoms with E-state index in [0.717, 1.165) is 17.8 Å². The van der Waals surface area contributed by atoms with E-state index in [-0.39, 0.29) is 0 Å². The highest BCUT2D eigenvalue weighted by molar-refractivity contribution is 5.62. The minimum absolute atomic E-state index is 0.985. The van der Waals surface area contributed by atoms with Crippen molar-refractivity contribution in [2.75, 3.05) is 0 Å². The van der Waals surface area contributed by atoms with Crippen LogP contribution in [0.5, 0.6) is 0 Å². The van der Waals surface area contributed by atoms with Crippen molar-refractivity contribution in [3.05, 3.63) is 48.4 Å². The SMILES string of the molecule is C1=CNC(c2ccccn2)=CC1. The Morgan fingerprint density at radius 3 is 3.00 bits per heavy atom. The van der Waals surface area contributed by atoms with Gasteiger partial charge in [-0.3, -0.25) is 4.98 Å². The van der Waals surface area contributed by atoms with Gasteiger partial charge < -0.3 is 5.32 Å². The molecule has 0 saturated heterocycles. The van der Waals surface area contributed by atoms with Crippen molar-refractivity contribution in [3.8, 4) is 0 Å². The first-order valence-corrected chi connectivity index (χ1v) is 4.00. The number of aromatic nitrogens is 1. The number of nitrogens with zero attached hydrogens (tertiary/aromatic N) is 1. The van der Waals surface area contributed by atoms with Gasteiger partial charge >= 0.3 is 0 Å². The third kappa shape index (κ3) is 1.37. The second-order valence-electron chi connectivity index (χ2n) is 2.62. The quantitative estimate of drug-likeness (QED) is 0.675. The number of hydrogen-bond acceptors (Lipinski definition) is 2. The monoisotopic (exact) mass is 158 g/mol. The minimum atomic E-state index is 0.985. The van der Waals surface area contributed by atoms with Crippen LogP contribution in [0.2, 0.25) is 0 Å². The zero-order chi connectivity index (χ0) is 8.23. The number of rotatable bonds is 1. The van der Waals surface area contributed by atoms with Gasteiger partial charge in [0.05, 0.1) is 11.4 Å². The molecule has 1 aromatic heterocycles. The molecule has 1 aromatic rings. The number of nitrogens with one attached hydrogen (secondary N) is 1. The first-order valence-electron chi connectivity index (χ1n) is 4.00. The molecule has 0 aliphatic carbocycles. The molecule has 1 aliphatic heterocycles. The number of pyridine rings is 1. The Balaban J connectivity index is 2.26. The Morgan fingerprint density at radius 1 is 1.33 bits per heavy atom. The lowest BCUT2D eigenvalue weighted by atomic mass is 10.2. The van der Waals surface area contributed by atoms with E-state index in [1.165, 1.54) is 0 Å². The summed E-state index contributed by atoms with van der Waals surface area (Å²) in [6, 6.07) is 5.91. The van der Waals surface area contributed by atoms with Crippen LogP contribution in [0.1, 0.15) is 12.1 Å². The fourth-order valence-corrected chi connectivity index (χ4v) is 1.16. The third-order valence-electron chi connectivity index (χ3n) is 1.76. The van der Waals surface area contributed by atoms with E-state index in [4.69, 9.17) is 0 Å². The molecule has 60 valence electrons. The molecule has 2 rings (SSSR count).